The normalized spacial score (nSPS) is 19.9. The first-order chi connectivity index (χ1) is 9.61. The van der Waals surface area contributed by atoms with E-state index in [4.69, 9.17) is 0 Å². The first-order valence-corrected chi connectivity index (χ1v) is 7.35. The van der Waals surface area contributed by atoms with E-state index in [1.165, 1.54) is 11.1 Å². The fourth-order valence-electron chi connectivity index (χ4n) is 2.59. The molecule has 1 heterocycles. The minimum Gasteiger partial charge on any atom is -0.347 e. The summed E-state index contributed by atoms with van der Waals surface area (Å²) in [4.78, 5) is 16.2. The second-order valence-corrected chi connectivity index (χ2v) is 5.59. The number of piperazine rings is 1. The number of hydrogen-bond acceptors (Lipinski definition) is 3. The van der Waals surface area contributed by atoms with Crippen molar-refractivity contribution in [1.29, 1.82) is 0 Å². The molecule has 1 atom stereocenters. The molecule has 1 aliphatic rings. The molecule has 1 unspecified atom stereocenters. The number of carbonyl (C=O) groups is 1. The third-order valence-electron chi connectivity index (χ3n) is 3.90. The lowest BCUT2D eigenvalue weighted by molar-refractivity contribution is -0.135. The van der Waals surface area contributed by atoms with Gasteiger partial charge in [0.05, 0.1) is 0 Å². The Hall–Kier alpha value is -1.39. The predicted octanol–water partition coefficient (Wildman–Crippen LogP) is 1.11. The molecule has 0 aliphatic carbocycles. The van der Waals surface area contributed by atoms with Gasteiger partial charge in [-0.15, -0.1) is 0 Å². The highest BCUT2D eigenvalue weighted by Crippen LogP contribution is 2.13. The van der Waals surface area contributed by atoms with Crippen molar-refractivity contribution in [3.8, 4) is 0 Å². The number of aryl methyl sites for hydroxylation is 1. The minimum absolute atomic E-state index is 0.0513. The zero-order chi connectivity index (χ0) is 14.5. The molecule has 4 nitrogen and oxygen atoms in total. The Morgan fingerprint density at radius 3 is 2.55 bits per heavy atom. The molecule has 110 valence electrons. The Labute approximate surface area is 121 Å². The summed E-state index contributed by atoms with van der Waals surface area (Å²) in [5, 5.41) is 3.32. The summed E-state index contributed by atoms with van der Waals surface area (Å²) in [6.45, 7) is 5.61. The maximum absolute atomic E-state index is 12.2. The van der Waals surface area contributed by atoms with Crippen molar-refractivity contribution in [2.24, 2.45) is 0 Å². The number of nitrogens with zero attached hydrogens (tertiary/aromatic N) is 2. The van der Waals surface area contributed by atoms with Gasteiger partial charge < -0.3 is 10.2 Å². The lowest BCUT2D eigenvalue weighted by Crippen LogP contribution is -2.57. The van der Waals surface area contributed by atoms with Crippen LogP contribution in [-0.4, -0.2) is 55.5 Å². The molecule has 0 spiro atoms. The second-order valence-electron chi connectivity index (χ2n) is 5.59. The molecule has 4 heteroatoms. The van der Waals surface area contributed by atoms with E-state index in [2.05, 4.69) is 41.4 Å². The molecule has 0 bridgehead atoms. The molecule has 1 aromatic rings. The number of benzene rings is 1. The summed E-state index contributed by atoms with van der Waals surface area (Å²) < 4.78 is 0. The lowest BCUT2D eigenvalue weighted by Gasteiger charge is -2.36. The maximum Gasteiger partial charge on any atom is 0.240 e. The van der Waals surface area contributed by atoms with E-state index in [9.17, 15) is 4.79 Å². The molecule has 20 heavy (non-hydrogen) atoms. The van der Waals surface area contributed by atoms with Gasteiger partial charge >= 0.3 is 0 Å². The van der Waals surface area contributed by atoms with Gasteiger partial charge in [0.25, 0.3) is 0 Å². The van der Waals surface area contributed by atoms with Crippen molar-refractivity contribution in [2.75, 3.05) is 33.7 Å². The number of carbonyl (C=O) groups excluding carboxylic acids is 1. The number of rotatable bonds is 4. The van der Waals surface area contributed by atoms with Gasteiger partial charge in [0.1, 0.15) is 6.04 Å². The molecule has 0 radical (unpaired) electrons. The molecule has 2 rings (SSSR count). The topological polar surface area (TPSA) is 35.6 Å². The first-order valence-electron chi connectivity index (χ1n) is 7.35. The van der Waals surface area contributed by atoms with E-state index < -0.39 is 0 Å². The van der Waals surface area contributed by atoms with Crippen molar-refractivity contribution in [1.82, 2.24) is 15.1 Å². The van der Waals surface area contributed by atoms with Crippen LogP contribution in [0.3, 0.4) is 0 Å². The van der Waals surface area contributed by atoms with Crippen molar-refractivity contribution in [2.45, 2.75) is 25.9 Å². The summed E-state index contributed by atoms with van der Waals surface area (Å²) >= 11 is 0. The zero-order valence-corrected chi connectivity index (χ0v) is 12.7. The Morgan fingerprint density at radius 1 is 1.30 bits per heavy atom. The average molecular weight is 275 g/mol. The van der Waals surface area contributed by atoms with Crippen LogP contribution >= 0.6 is 0 Å². The fraction of sp³-hybridized carbons (Fsp3) is 0.562. The van der Waals surface area contributed by atoms with Crippen LogP contribution in [0.15, 0.2) is 24.3 Å². The fourth-order valence-corrected chi connectivity index (χ4v) is 2.59. The third-order valence-corrected chi connectivity index (χ3v) is 3.90. The predicted molar refractivity (Wildman–Crippen MR) is 81.6 cm³/mol. The Kier molecular flexibility index (Phi) is 5.15. The van der Waals surface area contributed by atoms with E-state index in [1.807, 2.05) is 14.1 Å². The highest BCUT2D eigenvalue weighted by atomic mass is 16.2. The van der Waals surface area contributed by atoms with Gasteiger partial charge in [-0.3, -0.25) is 9.69 Å². The quantitative estimate of drug-likeness (QED) is 0.894. The average Bonchev–Trinajstić information content (AvgIpc) is 2.48. The Bertz CT molecular complexity index is 442. The van der Waals surface area contributed by atoms with E-state index in [-0.39, 0.29) is 11.9 Å². The molecular weight excluding hydrogens is 250 g/mol. The Morgan fingerprint density at radius 2 is 1.95 bits per heavy atom. The molecule has 0 saturated carbocycles. The summed E-state index contributed by atoms with van der Waals surface area (Å²) in [6, 6.07) is 8.67. The van der Waals surface area contributed by atoms with Crippen molar-refractivity contribution in [3.05, 3.63) is 35.4 Å². The first kappa shape index (κ1) is 15.0. The van der Waals surface area contributed by atoms with Gasteiger partial charge in [-0.1, -0.05) is 31.2 Å². The highest BCUT2D eigenvalue weighted by molar-refractivity contribution is 5.81. The smallest absolute Gasteiger partial charge is 0.240 e. The zero-order valence-electron chi connectivity index (χ0n) is 12.7. The van der Waals surface area contributed by atoms with Crippen LogP contribution in [0.4, 0.5) is 0 Å². The molecule has 1 aliphatic heterocycles. The molecule has 1 saturated heterocycles. The number of likely N-dealkylation sites (N-methyl/N-ethyl adjacent to an activating group) is 1. The maximum atomic E-state index is 12.2. The molecule has 1 N–H and O–H groups in total. The second kappa shape index (κ2) is 6.86. The SMILES string of the molecule is CCc1ccc(CN2CCNCC2C(=O)N(C)C)cc1. The van der Waals surface area contributed by atoms with Gasteiger partial charge in [-0.2, -0.15) is 0 Å². The molecule has 0 aromatic heterocycles. The van der Waals surface area contributed by atoms with Crippen LogP contribution < -0.4 is 5.32 Å². The van der Waals surface area contributed by atoms with Crippen LogP contribution in [0.5, 0.6) is 0 Å². The van der Waals surface area contributed by atoms with Gasteiger partial charge in [0, 0.05) is 40.3 Å². The van der Waals surface area contributed by atoms with Gasteiger partial charge in [0.15, 0.2) is 0 Å². The van der Waals surface area contributed by atoms with Crippen molar-refractivity contribution in [3.63, 3.8) is 0 Å². The standard InChI is InChI=1S/C16H25N3O/c1-4-13-5-7-14(8-6-13)12-19-10-9-17-11-15(19)16(20)18(2)3/h5-8,15,17H,4,9-12H2,1-3H3. The van der Waals surface area contributed by atoms with E-state index >= 15 is 0 Å². The van der Waals surface area contributed by atoms with Crippen LogP contribution in [0.2, 0.25) is 0 Å². The largest absolute Gasteiger partial charge is 0.347 e. The molecule has 1 amide bonds. The number of amides is 1. The van der Waals surface area contributed by atoms with Crippen LogP contribution in [0, 0.1) is 0 Å². The summed E-state index contributed by atoms with van der Waals surface area (Å²) in [5.74, 6) is 0.183. The van der Waals surface area contributed by atoms with Crippen LogP contribution in [-0.2, 0) is 17.8 Å². The van der Waals surface area contributed by atoms with E-state index in [0.29, 0.717) is 0 Å². The number of hydrogen-bond donors (Lipinski definition) is 1. The monoisotopic (exact) mass is 275 g/mol. The van der Waals surface area contributed by atoms with Crippen LogP contribution in [0.1, 0.15) is 18.1 Å². The Balaban J connectivity index is 2.06. The molecular formula is C16H25N3O. The van der Waals surface area contributed by atoms with E-state index in [0.717, 1.165) is 32.6 Å². The molecule has 1 aromatic carbocycles. The van der Waals surface area contributed by atoms with Crippen LogP contribution in [0.25, 0.3) is 0 Å². The van der Waals surface area contributed by atoms with E-state index in [1.54, 1.807) is 4.90 Å². The minimum atomic E-state index is -0.0513. The third kappa shape index (κ3) is 3.58. The van der Waals surface area contributed by atoms with Gasteiger partial charge in [-0.25, -0.2) is 0 Å². The lowest BCUT2D eigenvalue weighted by atomic mass is 10.1. The summed E-state index contributed by atoms with van der Waals surface area (Å²) in [7, 11) is 3.65. The van der Waals surface area contributed by atoms with Crippen molar-refractivity contribution >= 4 is 5.91 Å². The van der Waals surface area contributed by atoms with Gasteiger partial charge in [-0.05, 0) is 17.5 Å². The summed E-state index contributed by atoms with van der Waals surface area (Å²) in [6.07, 6.45) is 1.07. The number of nitrogens with one attached hydrogen (secondary N) is 1. The summed E-state index contributed by atoms with van der Waals surface area (Å²) in [5.41, 5.74) is 2.63. The highest BCUT2D eigenvalue weighted by Gasteiger charge is 2.29. The van der Waals surface area contributed by atoms with Gasteiger partial charge in [0.2, 0.25) is 5.91 Å². The van der Waals surface area contributed by atoms with Crippen molar-refractivity contribution < 1.29 is 4.79 Å². The molecule has 1 fully saturated rings.